The molecular formula is C16H14F3N5O2S. The van der Waals surface area contributed by atoms with Gasteiger partial charge in [-0.2, -0.15) is 17.5 Å². The maximum atomic E-state index is 12.6. The predicted octanol–water partition coefficient (Wildman–Crippen LogP) is 2.41. The molecule has 0 fully saturated rings. The zero-order chi connectivity index (χ0) is 19.4. The topological polar surface area (TPSA) is 91.8 Å². The van der Waals surface area contributed by atoms with E-state index in [0.29, 0.717) is 33.6 Å². The lowest BCUT2D eigenvalue weighted by molar-refractivity contribution is -0.106. The normalized spacial score (nSPS) is 16.4. The van der Waals surface area contributed by atoms with Crippen LogP contribution < -0.4 is 0 Å². The van der Waals surface area contributed by atoms with E-state index in [1.54, 1.807) is 31.5 Å². The van der Waals surface area contributed by atoms with Crippen molar-refractivity contribution in [1.29, 1.82) is 0 Å². The van der Waals surface area contributed by atoms with E-state index in [1.165, 1.54) is 0 Å². The number of hydrogen-bond acceptors (Lipinski definition) is 5. The van der Waals surface area contributed by atoms with Gasteiger partial charge in [0.05, 0.1) is 17.4 Å². The van der Waals surface area contributed by atoms with Crippen molar-refractivity contribution < 1.29 is 21.6 Å². The molecule has 0 saturated heterocycles. The molecule has 3 aromatic heterocycles. The molecule has 0 atom stereocenters. The number of aromatic nitrogens is 4. The highest BCUT2D eigenvalue weighted by molar-refractivity contribution is 7.89. The number of aromatic amines is 1. The number of nitrogens with one attached hydrogen (secondary N) is 1. The first kappa shape index (κ1) is 17.9. The maximum Gasteiger partial charge on any atom is 0.404 e. The molecule has 4 heterocycles. The Balaban J connectivity index is 1.77. The Kier molecular flexibility index (Phi) is 3.96. The predicted molar refractivity (Wildman–Crippen MR) is 93.3 cm³/mol. The molecule has 0 aliphatic carbocycles. The lowest BCUT2D eigenvalue weighted by Crippen LogP contribution is -2.36. The Morgan fingerprint density at radius 2 is 2.07 bits per heavy atom. The van der Waals surface area contributed by atoms with E-state index >= 15 is 0 Å². The second kappa shape index (κ2) is 5.99. The van der Waals surface area contributed by atoms with Gasteiger partial charge in [0.1, 0.15) is 11.5 Å². The van der Waals surface area contributed by atoms with E-state index in [-0.39, 0.29) is 13.1 Å². The first-order chi connectivity index (χ1) is 12.6. The molecule has 0 aromatic carbocycles. The van der Waals surface area contributed by atoms with Crippen LogP contribution in [0.5, 0.6) is 0 Å². The minimum Gasteiger partial charge on any atom is -0.346 e. The van der Waals surface area contributed by atoms with Gasteiger partial charge in [0.25, 0.3) is 0 Å². The van der Waals surface area contributed by atoms with Gasteiger partial charge < -0.3 is 4.98 Å². The van der Waals surface area contributed by atoms with Gasteiger partial charge in [-0.25, -0.2) is 23.4 Å². The zero-order valence-electron chi connectivity index (χ0n) is 14.1. The summed E-state index contributed by atoms with van der Waals surface area (Å²) in [6.45, 7) is 1.40. The van der Waals surface area contributed by atoms with Gasteiger partial charge in [0.15, 0.2) is 5.75 Å². The van der Waals surface area contributed by atoms with Gasteiger partial charge in [-0.05, 0) is 18.6 Å². The molecule has 0 amide bonds. The van der Waals surface area contributed by atoms with E-state index in [9.17, 15) is 21.6 Å². The van der Waals surface area contributed by atoms with E-state index in [4.69, 9.17) is 0 Å². The molecule has 0 spiro atoms. The number of rotatable bonds is 3. The molecule has 11 heteroatoms. The number of aryl methyl sites for hydroxylation is 1. The van der Waals surface area contributed by atoms with Gasteiger partial charge in [-0.1, -0.05) is 6.08 Å². The quantitative estimate of drug-likeness (QED) is 0.733. The van der Waals surface area contributed by atoms with Crippen molar-refractivity contribution in [3.8, 4) is 0 Å². The van der Waals surface area contributed by atoms with Crippen LogP contribution >= 0.6 is 0 Å². The first-order valence-corrected chi connectivity index (χ1v) is 9.59. The summed E-state index contributed by atoms with van der Waals surface area (Å²) >= 11 is 0. The van der Waals surface area contributed by atoms with Crippen molar-refractivity contribution in [2.45, 2.75) is 13.1 Å². The van der Waals surface area contributed by atoms with Gasteiger partial charge >= 0.3 is 6.18 Å². The number of halogens is 3. The summed E-state index contributed by atoms with van der Waals surface area (Å²) in [6.07, 6.45) is 0.0979. The lowest BCUT2D eigenvalue weighted by atomic mass is 10.1. The Morgan fingerprint density at radius 3 is 2.81 bits per heavy atom. The summed E-state index contributed by atoms with van der Waals surface area (Å²) < 4.78 is 62.6. The van der Waals surface area contributed by atoms with Crippen LogP contribution in [0.25, 0.3) is 27.5 Å². The number of fused-ring (bicyclic) bond motifs is 3. The average molecular weight is 397 g/mol. The fourth-order valence-electron chi connectivity index (χ4n) is 3.19. The third-order valence-corrected chi connectivity index (χ3v) is 6.05. The standard InChI is InChI=1S/C16H14F3N5O2S/c1-9-22-12-6-21-15-11(2-4-20-15)13(12)14(23-9)10-3-5-24(7-10)27(25,26)8-16(17,18)19/h2-4,6H,5,7-8H2,1H3,(H,20,21). The van der Waals surface area contributed by atoms with Gasteiger partial charge in [-0.3, -0.25) is 0 Å². The van der Waals surface area contributed by atoms with Crippen LogP contribution in [-0.2, 0) is 10.0 Å². The number of H-pyrrole nitrogens is 1. The van der Waals surface area contributed by atoms with Crippen molar-refractivity contribution in [2.75, 3.05) is 18.8 Å². The molecule has 4 rings (SSSR count). The fourth-order valence-corrected chi connectivity index (χ4v) is 4.43. The van der Waals surface area contributed by atoms with Crippen molar-refractivity contribution >= 4 is 37.5 Å². The second-order valence-corrected chi connectivity index (χ2v) is 8.24. The van der Waals surface area contributed by atoms with Crippen LogP contribution in [0.15, 0.2) is 24.5 Å². The third-order valence-electron chi connectivity index (χ3n) is 4.29. The van der Waals surface area contributed by atoms with Crippen molar-refractivity contribution in [1.82, 2.24) is 24.2 Å². The van der Waals surface area contributed by atoms with Crippen molar-refractivity contribution in [3.05, 3.63) is 36.1 Å². The highest BCUT2D eigenvalue weighted by Crippen LogP contribution is 2.32. The van der Waals surface area contributed by atoms with Gasteiger partial charge in [0, 0.05) is 30.1 Å². The van der Waals surface area contributed by atoms with Crippen LogP contribution in [-0.4, -0.2) is 57.7 Å². The summed E-state index contributed by atoms with van der Waals surface area (Å²) in [7, 11) is -4.46. The van der Waals surface area contributed by atoms with E-state index in [1.807, 2.05) is 0 Å². The molecular weight excluding hydrogens is 383 g/mol. The van der Waals surface area contributed by atoms with Gasteiger partial charge in [0.2, 0.25) is 10.0 Å². The number of sulfonamides is 1. The summed E-state index contributed by atoms with van der Waals surface area (Å²) in [4.78, 5) is 16.1. The number of alkyl halides is 3. The molecule has 0 saturated carbocycles. The minimum absolute atomic E-state index is 0.125. The molecule has 1 N–H and O–H groups in total. The molecule has 1 aliphatic rings. The molecule has 0 bridgehead atoms. The number of nitrogens with zero attached hydrogens (tertiary/aromatic N) is 4. The van der Waals surface area contributed by atoms with Crippen molar-refractivity contribution in [2.24, 2.45) is 0 Å². The van der Waals surface area contributed by atoms with Crippen LogP contribution in [0, 0.1) is 6.92 Å². The lowest BCUT2D eigenvalue weighted by Gasteiger charge is -2.18. The Hall–Kier alpha value is -2.53. The molecule has 1 aliphatic heterocycles. The Morgan fingerprint density at radius 1 is 1.30 bits per heavy atom. The van der Waals surface area contributed by atoms with Crippen molar-refractivity contribution in [3.63, 3.8) is 0 Å². The van der Waals surface area contributed by atoms with Crippen LogP contribution in [0.1, 0.15) is 11.5 Å². The SMILES string of the molecule is Cc1nc(C2=CCN(S(=O)(=O)CC(F)(F)F)C2)c2c(cnc3[nH]ccc32)n1. The van der Waals surface area contributed by atoms with Crippen LogP contribution in [0.3, 0.4) is 0 Å². The molecule has 0 unspecified atom stereocenters. The minimum atomic E-state index is -4.79. The molecule has 7 nitrogen and oxygen atoms in total. The number of pyridine rings is 1. The highest BCUT2D eigenvalue weighted by Gasteiger charge is 2.39. The maximum absolute atomic E-state index is 12.6. The number of hydrogen-bond donors (Lipinski definition) is 1. The molecule has 27 heavy (non-hydrogen) atoms. The second-order valence-electron chi connectivity index (χ2n) is 6.27. The summed E-state index contributed by atoms with van der Waals surface area (Å²) in [6, 6.07) is 1.81. The fraction of sp³-hybridized carbons (Fsp3) is 0.312. The third kappa shape index (κ3) is 3.28. The largest absolute Gasteiger partial charge is 0.404 e. The van der Waals surface area contributed by atoms with Crippen LogP contribution in [0.2, 0.25) is 0 Å². The summed E-state index contributed by atoms with van der Waals surface area (Å²) in [5, 5.41) is 1.45. The highest BCUT2D eigenvalue weighted by atomic mass is 32.2. The monoisotopic (exact) mass is 397 g/mol. The molecule has 3 aromatic rings. The Bertz CT molecular complexity index is 1180. The van der Waals surface area contributed by atoms with E-state index < -0.39 is 22.0 Å². The summed E-state index contributed by atoms with van der Waals surface area (Å²) in [5.74, 6) is -1.41. The first-order valence-electron chi connectivity index (χ1n) is 7.98. The van der Waals surface area contributed by atoms with E-state index in [0.717, 1.165) is 9.69 Å². The zero-order valence-corrected chi connectivity index (χ0v) is 14.9. The average Bonchev–Trinajstić information content (AvgIpc) is 3.21. The molecule has 0 radical (unpaired) electrons. The summed E-state index contributed by atoms with van der Waals surface area (Å²) in [5.41, 5.74) is 2.26. The van der Waals surface area contributed by atoms with E-state index in [2.05, 4.69) is 19.9 Å². The molecule has 142 valence electrons. The van der Waals surface area contributed by atoms with Crippen LogP contribution in [0.4, 0.5) is 13.2 Å². The smallest absolute Gasteiger partial charge is 0.346 e. The van der Waals surface area contributed by atoms with Gasteiger partial charge in [-0.15, -0.1) is 0 Å². The Labute approximate surface area is 152 Å².